The molecule has 0 atom stereocenters. The minimum atomic E-state index is 0.136. The molecule has 3 heteroatoms. The van der Waals surface area contributed by atoms with Crippen molar-refractivity contribution in [2.75, 3.05) is 25.5 Å². The molecule has 1 aromatic carbocycles. The molecule has 0 spiro atoms. The van der Waals surface area contributed by atoms with E-state index >= 15 is 0 Å². The molecule has 88 valence electrons. The monoisotopic (exact) mass is 220 g/mol. The summed E-state index contributed by atoms with van der Waals surface area (Å²) in [5, 5.41) is 3.11. The van der Waals surface area contributed by atoms with Crippen molar-refractivity contribution < 1.29 is 4.79 Å². The molecule has 0 saturated heterocycles. The smallest absolute Gasteiger partial charge is 0.241 e. The molecule has 0 aliphatic rings. The molecular weight excluding hydrogens is 200 g/mol. The van der Waals surface area contributed by atoms with Crippen LogP contribution in [0.3, 0.4) is 0 Å². The third kappa shape index (κ3) is 4.34. The molecule has 0 aromatic heterocycles. The van der Waals surface area contributed by atoms with Crippen LogP contribution in [-0.4, -0.2) is 30.9 Å². The lowest BCUT2D eigenvalue weighted by Crippen LogP contribution is -2.32. The molecule has 0 unspecified atom stereocenters. The van der Waals surface area contributed by atoms with Crippen LogP contribution < -0.4 is 5.32 Å². The minimum absolute atomic E-state index is 0.136. The summed E-state index contributed by atoms with van der Waals surface area (Å²) < 4.78 is 0. The number of hydrogen-bond acceptors (Lipinski definition) is 2. The van der Waals surface area contributed by atoms with Crippen LogP contribution in [0.15, 0.2) is 30.3 Å². The average molecular weight is 220 g/mol. The van der Waals surface area contributed by atoms with Gasteiger partial charge in [-0.15, -0.1) is 0 Å². The minimum Gasteiger partial charge on any atom is -0.376 e. The van der Waals surface area contributed by atoms with Crippen molar-refractivity contribution in [3.8, 4) is 0 Å². The predicted octanol–water partition coefficient (Wildman–Crippen LogP) is 2.36. The zero-order valence-electron chi connectivity index (χ0n) is 10.1. The summed E-state index contributed by atoms with van der Waals surface area (Å²) in [5.41, 5.74) is 0.986. The number of carbonyl (C=O) groups excluding carboxylic acids is 1. The lowest BCUT2D eigenvalue weighted by Gasteiger charge is -2.17. The highest BCUT2D eigenvalue weighted by molar-refractivity contribution is 5.80. The van der Waals surface area contributed by atoms with Gasteiger partial charge in [0.05, 0.1) is 6.54 Å². The van der Waals surface area contributed by atoms with Gasteiger partial charge in [-0.3, -0.25) is 4.79 Å². The summed E-state index contributed by atoms with van der Waals surface area (Å²) in [4.78, 5) is 13.5. The second-order valence-corrected chi connectivity index (χ2v) is 3.89. The summed E-state index contributed by atoms with van der Waals surface area (Å²) >= 11 is 0. The van der Waals surface area contributed by atoms with Crippen LogP contribution in [0.1, 0.15) is 19.8 Å². The summed E-state index contributed by atoms with van der Waals surface area (Å²) in [5.74, 6) is 0.136. The molecule has 16 heavy (non-hydrogen) atoms. The first-order valence-corrected chi connectivity index (χ1v) is 5.77. The molecule has 3 nitrogen and oxygen atoms in total. The molecule has 0 aliphatic heterocycles. The highest BCUT2D eigenvalue weighted by atomic mass is 16.2. The van der Waals surface area contributed by atoms with Crippen LogP contribution in [0.2, 0.25) is 0 Å². The molecule has 1 rings (SSSR count). The quantitative estimate of drug-likeness (QED) is 0.798. The number of rotatable bonds is 6. The Morgan fingerprint density at radius 2 is 2.00 bits per heavy atom. The Morgan fingerprint density at radius 1 is 1.31 bits per heavy atom. The Labute approximate surface area is 97.5 Å². The van der Waals surface area contributed by atoms with Crippen LogP contribution in [0.25, 0.3) is 0 Å². The van der Waals surface area contributed by atoms with Crippen molar-refractivity contribution in [1.82, 2.24) is 4.90 Å². The Balaban J connectivity index is 2.29. The normalized spacial score (nSPS) is 9.88. The van der Waals surface area contributed by atoms with Gasteiger partial charge in [0.1, 0.15) is 0 Å². The Bertz CT molecular complexity index is 311. The maximum Gasteiger partial charge on any atom is 0.241 e. The van der Waals surface area contributed by atoms with E-state index in [1.54, 1.807) is 4.90 Å². The molecule has 0 aliphatic carbocycles. The van der Waals surface area contributed by atoms with Gasteiger partial charge in [-0.2, -0.15) is 0 Å². The van der Waals surface area contributed by atoms with Crippen molar-refractivity contribution in [3.05, 3.63) is 30.3 Å². The van der Waals surface area contributed by atoms with Gasteiger partial charge in [-0.1, -0.05) is 31.5 Å². The lowest BCUT2D eigenvalue weighted by molar-refractivity contribution is -0.128. The van der Waals surface area contributed by atoms with Gasteiger partial charge in [0, 0.05) is 19.3 Å². The number of para-hydroxylation sites is 1. The van der Waals surface area contributed by atoms with Crippen molar-refractivity contribution in [2.45, 2.75) is 19.8 Å². The first-order valence-electron chi connectivity index (χ1n) is 5.77. The molecular formula is C13H20N2O. The fourth-order valence-electron chi connectivity index (χ4n) is 1.39. The molecule has 0 heterocycles. The molecule has 0 bridgehead atoms. The second-order valence-electron chi connectivity index (χ2n) is 3.89. The third-order valence-electron chi connectivity index (χ3n) is 2.49. The van der Waals surface area contributed by atoms with Crippen LogP contribution >= 0.6 is 0 Å². The molecule has 0 saturated carbocycles. The average Bonchev–Trinajstić information content (AvgIpc) is 2.34. The van der Waals surface area contributed by atoms with E-state index in [0.29, 0.717) is 6.54 Å². The van der Waals surface area contributed by atoms with E-state index in [0.717, 1.165) is 25.1 Å². The van der Waals surface area contributed by atoms with Crippen LogP contribution in [0.4, 0.5) is 5.69 Å². The van der Waals surface area contributed by atoms with E-state index in [1.807, 2.05) is 37.4 Å². The summed E-state index contributed by atoms with van der Waals surface area (Å²) in [6.45, 7) is 3.33. The van der Waals surface area contributed by atoms with Gasteiger partial charge in [0.2, 0.25) is 5.91 Å². The first kappa shape index (κ1) is 12.6. The number of carbonyl (C=O) groups is 1. The van der Waals surface area contributed by atoms with E-state index in [4.69, 9.17) is 0 Å². The second kappa shape index (κ2) is 6.88. The number of anilines is 1. The number of nitrogens with one attached hydrogen (secondary N) is 1. The van der Waals surface area contributed by atoms with Crippen LogP contribution in [0.5, 0.6) is 0 Å². The summed E-state index contributed by atoms with van der Waals surface area (Å²) in [6.07, 6.45) is 2.18. The van der Waals surface area contributed by atoms with E-state index in [-0.39, 0.29) is 5.91 Å². The Kier molecular flexibility index (Phi) is 5.40. The fourth-order valence-corrected chi connectivity index (χ4v) is 1.39. The number of unbranched alkanes of at least 4 members (excludes halogenated alkanes) is 1. The molecule has 1 amide bonds. The van der Waals surface area contributed by atoms with E-state index in [9.17, 15) is 4.79 Å². The molecule has 1 aromatic rings. The number of amides is 1. The Morgan fingerprint density at radius 3 is 2.62 bits per heavy atom. The van der Waals surface area contributed by atoms with Crippen molar-refractivity contribution in [1.29, 1.82) is 0 Å². The van der Waals surface area contributed by atoms with E-state index in [2.05, 4.69) is 12.2 Å². The van der Waals surface area contributed by atoms with Gasteiger partial charge in [-0.05, 0) is 18.6 Å². The zero-order valence-corrected chi connectivity index (χ0v) is 10.1. The highest BCUT2D eigenvalue weighted by Gasteiger charge is 2.06. The van der Waals surface area contributed by atoms with Crippen LogP contribution in [0, 0.1) is 0 Å². The number of likely N-dealkylation sites (N-methyl/N-ethyl adjacent to an activating group) is 1. The number of hydrogen-bond donors (Lipinski definition) is 1. The lowest BCUT2D eigenvalue weighted by atomic mass is 10.3. The number of nitrogens with zero attached hydrogens (tertiary/aromatic N) is 1. The van der Waals surface area contributed by atoms with E-state index < -0.39 is 0 Å². The van der Waals surface area contributed by atoms with Gasteiger partial charge in [0.15, 0.2) is 0 Å². The highest BCUT2D eigenvalue weighted by Crippen LogP contribution is 2.04. The maximum absolute atomic E-state index is 11.7. The first-order chi connectivity index (χ1) is 7.74. The van der Waals surface area contributed by atoms with Crippen molar-refractivity contribution in [2.24, 2.45) is 0 Å². The Hall–Kier alpha value is -1.51. The van der Waals surface area contributed by atoms with Gasteiger partial charge >= 0.3 is 0 Å². The largest absolute Gasteiger partial charge is 0.376 e. The maximum atomic E-state index is 11.7. The SMILES string of the molecule is CCCCN(C)C(=O)CNc1ccccc1. The van der Waals surface area contributed by atoms with Gasteiger partial charge in [0.25, 0.3) is 0 Å². The fraction of sp³-hybridized carbons (Fsp3) is 0.462. The topological polar surface area (TPSA) is 32.3 Å². The summed E-state index contributed by atoms with van der Waals surface area (Å²) in [7, 11) is 1.85. The van der Waals surface area contributed by atoms with Gasteiger partial charge in [-0.25, -0.2) is 0 Å². The van der Waals surface area contributed by atoms with Gasteiger partial charge < -0.3 is 10.2 Å². The third-order valence-corrected chi connectivity index (χ3v) is 2.49. The summed E-state index contributed by atoms with van der Waals surface area (Å²) in [6, 6.07) is 9.78. The molecule has 0 radical (unpaired) electrons. The predicted molar refractivity (Wildman–Crippen MR) is 67.5 cm³/mol. The van der Waals surface area contributed by atoms with E-state index in [1.165, 1.54) is 0 Å². The van der Waals surface area contributed by atoms with Crippen LogP contribution in [-0.2, 0) is 4.79 Å². The number of benzene rings is 1. The van der Waals surface area contributed by atoms with Crippen molar-refractivity contribution >= 4 is 11.6 Å². The molecule has 1 N–H and O–H groups in total. The standard InChI is InChI=1S/C13H20N2O/c1-3-4-10-15(2)13(16)11-14-12-8-6-5-7-9-12/h5-9,14H,3-4,10-11H2,1-2H3. The molecule has 0 fully saturated rings. The zero-order chi connectivity index (χ0) is 11.8. The van der Waals surface area contributed by atoms with Crippen molar-refractivity contribution in [3.63, 3.8) is 0 Å².